The molecule has 1 atom stereocenters. The molecule has 0 radical (unpaired) electrons. The molecule has 1 aromatic heterocycles. The number of nitrogens with zero attached hydrogens (tertiary/aromatic N) is 2. The summed E-state index contributed by atoms with van der Waals surface area (Å²) in [7, 11) is 0. The molecule has 134 valence electrons. The lowest BCUT2D eigenvalue weighted by molar-refractivity contribution is -0.121. The molecule has 0 aliphatic carbocycles. The molecule has 1 aliphatic rings. The van der Waals surface area contributed by atoms with E-state index < -0.39 is 0 Å². The Kier molecular flexibility index (Phi) is 6.06. The van der Waals surface area contributed by atoms with E-state index in [1.807, 2.05) is 13.0 Å². The molecule has 1 aromatic carbocycles. The molecule has 4 nitrogen and oxygen atoms in total. The maximum absolute atomic E-state index is 12.9. The number of carbonyl (C=O) groups is 1. The molecule has 0 unspecified atom stereocenters. The summed E-state index contributed by atoms with van der Waals surface area (Å²) in [6.07, 6.45) is 0. The van der Waals surface area contributed by atoms with Crippen LogP contribution < -0.4 is 5.32 Å². The standard InChI is InChI=1S/C18H21ClFN3OS/c1-13(18(24)21-15-4-2-14(20)3-5-15)23-10-8-22(9-11-23)12-16-6-7-17(19)25-16/h2-7,13H,8-12H2,1H3,(H,21,24)/t13-/m1/s1. The zero-order valence-corrected chi connectivity index (χ0v) is 15.6. The molecular weight excluding hydrogens is 361 g/mol. The molecule has 0 bridgehead atoms. The Labute approximate surface area is 156 Å². The third-order valence-corrected chi connectivity index (χ3v) is 5.67. The number of anilines is 1. The Morgan fingerprint density at radius 1 is 1.20 bits per heavy atom. The van der Waals surface area contributed by atoms with Crippen LogP contribution in [0, 0.1) is 5.82 Å². The largest absolute Gasteiger partial charge is 0.325 e. The number of nitrogens with one attached hydrogen (secondary N) is 1. The van der Waals surface area contributed by atoms with E-state index in [9.17, 15) is 9.18 Å². The summed E-state index contributed by atoms with van der Waals surface area (Å²) in [6.45, 7) is 6.34. The van der Waals surface area contributed by atoms with Crippen LogP contribution in [0.4, 0.5) is 10.1 Å². The van der Waals surface area contributed by atoms with Crippen LogP contribution in [0.3, 0.4) is 0 Å². The van der Waals surface area contributed by atoms with Crippen molar-refractivity contribution in [3.63, 3.8) is 0 Å². The van der Waals surface area contributed by atoms with Crippen molar-refractivity contribution in [2.45, 2.75) is 19.5 Å². The average molecular weight is 382 g/mol. The van der Waals surface area contributed by atoms with Crippen LogP contribution >= 0.6 is 22.9 Å². The Morgan fingerprint density at radius 3 is 2.48 bits per heavy atom. The maximum atomic E-state index is 12.9. The Bertz CT molecular complexity index is 713. The summed E-state index contributed by atoms with van der Waals surface area (Å²) in [5, 5.41) is 2.85. The molecule has 3 rings (SSSR count). The third-order valence-electron chi connectivity index (χ3n) is 4.45. The van der Waals surface area contributed by atoms with Crippen LogP contribution in [-0.2, 0) is 11.3 Å². The number of piperazine rings is 1. The van der Waals surface area contributed by atoms with Crippen LogP contribution in [0.15, 0.2) is 36.4 Å². The van der Waals surface area contributed by atoms with E-state index in [-0.39, 0.29) is 17.8 Å². The van der Waals surface area contributed by atoms with Crippen molar-refractivity contribution in [3.8, 4) is 0 Å². The van der Waals surface area contributed by atoms with Gasteiger partial charge in [-0.2, -0.15) is 0 Å². The second-order valence-electron chi connectivity index (χ2n) is 6.19. The summed E-state index contributed by atoms with van der Waals surface area (Å²) in [4.78, 5) is 18.2. The van der Waals surface area contributed by atoms with Gasteiger partial charge in [0.1, 0.15) is 5.82 Å². The highest BCUT2D eigenvalue weighted by Gasteiger charge is 2.25. The van der Waals surface area contributed by atoms with E-state index in [2.05, 4.69) is 21.2 Å². The van der Waals surface area contributed by atoms with Gasteiger partial charge in [-0.25, -0.2) is 4.39 Å². The topological polar surface area (TPSA) is 35.6 Å². The molecule has 25 heavy (non-hydrogen) atoms. The molecule has 2 heterocycles. The van der Waals surface area contributed by atoms with Crippen LogP contribution in [-0.4, -0.2) is 47.9 Å². The molecular formula is C18H21ClFN3OS. The van der Waals surface area contributed by atoms with Crippen molar-refractivity contribution in [2.75, 3.05) is 31.5 Å². The number of thiophene rings is 1. The number of benzene rings is 1. The molecule has 0 saturated carbocycles. The van der Waals surface area contributed by atoms with E-state index in [0.29, 0.717) is 5.69 Å². The molecule has 1 amide bonds. The summed E-state index contributed by atoms with van der Waals surface area (Å²) in [5.74, 6) is -0.376. The minimum Gasteiger partial charge on any atom is -0.325 e. The van der Waals surface area contributed by atoms with Crippen molar-refractivity contribution in [3.05, 3.63) is 51.4 Å². The van der Waals surface area contributed by atoms with Gasteiger partial charge in [-0.3, -0.25) is 14.6 Å². The number of amides is 1. The first-order valence-electron chi connectivity index (χ1n) is 8.28. The van der Waals surface area contributed by atoms with Gasteiger partial charge in [0.2, 0.25) is 5.91 Å². The Balaban J connectivity index is 1.48. The summed E-state index contributed by atoms with van der Waals surface area (Å²) < 4.78 is 13.8. The molecule has 7 heteroatoms. The molecule has 1 aliphatic heterocycles. The highest BCUT2D eigenvalue weighted by molar-refractivity contribution is 7.16. The van der Waals surface area contributed by atoms with Gasteiger partial charge < -0.3 is 5.32 Å². The summed E-state index contributed by atoms with van der Waals surface area (Å²) >= 11 is 7.59. The zero-order chi connectivity index (χ0) is 17.8. The van der Waals surface area contributed by atoms with Gasteiger partial charge in [0, 0.05) is 43.3 Å². The lowest BCUT2D eigenvalue weighted by Gasteiger charge is -2.37. The van der Waals surface area contributed by atoms with Gasteiger partial charge in [-0.15, -0.1) is 11.3 Å². The minimum atomic E-state index is -0.311. The van der Waals surface area contributed by atoms with E-state index >= 15 is 0 Å². The van der Waals surface area contributed by atoms with Gasteiger partial charge in [0.15, 0.2) is 0 Å². The van der Waals surface area contributed by atoms with E-state index in [4.69, 9.17) is 11.6 Å². The van der Waals surface area contributed by atoms with Gasteiger partial charge in [-0.05, 0) is 43.3 Å². The first kappa shape index (κ1) is 18.3. The first-order valence-corrected chi connectivity index (χ1v) is 9.48. The summed E-state index contributed by atoms with van der Waals surface area (Å²) in [6, 6.07) is 9.61. The van der Waals surface area contributed by atoms with Crippen LogP contribution in [0.25, 0.3) is 0 Å². The fourth-order valence-electron chi connectivity index (χ4n) is 2.91. The lowest BCUT2D eigenvalue weighted by atomic mass is 10.2. The summed E-state index contributed by atoms with van der Waals surface area (Å²) in [5.41, 5.74) is 0.617. The van der Waals surface area contributed by atoms with E-state index in [1.165, 1.54) is 17.0 Å². The number of hydrogen-bond acceptors (Lipinski definition) is 4. The Hall–Kier alpha value is -1.47. The van der Waals surface area contributed by atoms with Crippen molar-refractivity contribution < 1.29 is 9.18 Å². The fourth-order valence-corrected chi connectivity index (χ4v) is 4.04. The predicted octanol–water partition coefficient (Wildman–Crippen LogP) is 3.69. The second kappa shape index (κ2) is 8.27. The molecule has 2 aromatic rings. The maximum Gasteiger partial charge on any atom is 0.241 e. The van der Waals surface area contributed by atoms with Crippen LogP contribution in [0.2, 0.25) is 4.34 Å². The van der Waals surface area contributed by atoms with Crippen molar-refractivity contribution in [1.82, 2.24) is 9.80 Å². The van der Waals surface area contributed by atoms with E-state index in [1.54, 1.807) is 23.5 Å². The van der Waals surface area contributed by atoms with Crippen LogP contribution in [0.1, 0.15) is 11.8 Å². The van der Waals surface area contributed by atoms with Crippen molar-refractivity contribution in [2.24, 2.45) is 0 Å². The zero-order valence-electron chi connectivity index (χ0n) is 14.0. The monoisotopic (exact) mass is 381 g/mol. The molecule has 1 fully saturated rings. The second-order valence-corrected chi connectivity index (χ2v) is 7.99. The molecule has 1 saturated heterocycles. The third kappa shape index (κ3) is 5.01. The number of halogens is 2. The quantitative estimate of drug-likeness (QED) is 0.858. The Morgan fingerprint density at radius 2 is 1.88 bits per heavy atom. The van der Waals surface area contributed by atoms with Gasteiger partial charge in [-0.1, -0.05) is 11.6 Å². The predicted molar refractivity (Wildman–Crippen MR) is 101 cm³/mol. The normalized spacial score (nSPS) is 17.4. The van der Waals surface area contributed by atoms with Gasteiger partial charge >= 0.3 is 0 Å². The van der Waals surface area contributed by atoms with Gasteiger partial charge in [0.25, 0.3) is 0 Å². The van der Waals surface area contributed by atoms with Crippen LogP contribution in [0.5, 0.6) is 0 Å². The highest BCUT2D eigenvalue weighted by Crippen LogP contribution is 2.23. The smallest absolute Gasteiger partial charge is 0.241 e. The molecule has 0 spiro atoms. The molecule has 1 N–H and O–H groups in total. The van der Waals surface area contributed by atoms with Gasteiger partial charge in [0.05, 0.1) is 10.4 Å². The lowest BCUT2D eigenvalue weighted by Crippen LogP contribution is -2.52. The number of hydrogen-bond donors (Lipinski definition) is 1. The SMILES string of the molecule is C[C@H](C(=O)Nc1ccc(F)cc1)N1CCN(Cc2ccc(Cl)s2)CC1. The van der Waals surface area contributed by atoms with Crippen molar-refractivity contribution >= 4 is 34.5 Å². The van der Waals surface area contributed by atoms with Crippen molar-refractivity contribution in [1.29, 1.82) is 0 Å². The van der Waals surface area contributed by atoms with E-state index in [0.717, 1.165) is 37.1 Å². The number of rotatable bonds is 5. The number of carbonyl (C=O) groups excluding carboxylic acids is 1. The average Bonchev–Trinajstić information content (AvgIpc) is 3.02. The first-order chi connectivity index (χ1) is 12.0. The highest BCUT2D eigenvalue weighted by atomic mass is 35.5. The minimum absolute atomic E-state index is 0.0647. The fraction of sp³-hybridized carbons (Fsp3) is 0.389.